The van der Waals surface area contributed by atoms with Crippen molar-refractivity contribution < 1.29 is 24.2 Å². The highest BCUT2D eigenvalue weighted by Crippen LogP contribution is 2.09. The van der Waals surface area contributed by atoms with Gasteiger partial charge in [-0.25, -0.2) is 4.79 Å². The summed E-state index contributed by atoms with van der Waals surface area (Å²) in [6, 6.07) is 7.88. The molecule has 1 aromatic carbocycles. The van der Waals surface area contributed by atoms with Crippen LogP contribution in [-0.4, -0.2) is 34.5 Å². The van der Waals surface area contributed by atoms with Crippen LogP contribution in [0.4, 0.5) is 0 Å². The van der Waals surface area contributed by atoms with Crippen molar-refractivity contribution >= 4 is 17.8 Å². The highest BCUT2D eigenvalue weighted by molar-refractivity contribution is 5.91. The van der Waals surface area contributed by atoms with E-state index in [1.807, 2.05) is 30.3 Å². The molecule has 0 saturated carbocycles. The Morgan fingerprint density at radius 1 is 1.27 bits per heavy atom. The lowest BCUT2D eigenvalue weighted by atomic mass is 10.0. The van der Waals surface area contributed by atoms with Gasteiger partial charge < -0.3 is 20.9 Å². The molecule has 0 aliphatic carbocycles. The number of hydrogen-bond acceptors (Lipinski definition) is 5. The number of carbonyl (C=O) groups excluding carboxylic acids is 2. The van der Waals surface area contributed by atoms with Crippen molar-refractivity contribution in [2.75, 3.05) is 0 Å². The Balaban J connectivity index is 2.55. The lowest BCUT2D eigenvalue weighted by Gasteiger charge is -2.25. The molecule has 1 rings (SSSR count). The minimum Gasteiger partial charge on any atom is -0.481 e. The summed E-state index contributed by atoms with van der Waals surface area (Å²) in [6.07, 6.45) is -0.513. The second-order valence-corrected chi connectivity index (χ2v) is 5.38. The number of nitrogens with two attached hydrogens (primary N) is 1. The zero-order chi connectivity index (χ0) is 16.8. The quantitative estimate of drug-likeness (QED) is 0.628. The zero-order valence-electron chi connectivity index (χ0n) is 12.5. The predicted molar refractivity (Wildman–Crippen MR) is 78.7 cm³/mol. The van der Waals surface area contributed by atoms with Crippen LogP contribution in [0.1, 0.15) is 25.8 Å². The van der Waals surface area contributed by atoms with Gasteiger partial charge in [0, 0.05) is 0 Å². The molecule has 22 heavy (non-hydrogen) atoms. The van der Waals surface area contributed by atoms with E-state index in [2.05, 4.69) is 5.32 Å². The number of benzene rings is 1. The van der Waals surface area contributed by atoms with Gasteiger partial charge in [0.05, 0.1) is 12.5 Å². The highest BCUT2D eigenvalue weighted by atomic mass is 16.5. The van der Waals surface area contributed by atoms with E-state index >= 15 is 0 Å². The van der Waals surface area contributed by atoms with Crippen LogP contribution in [0.3, 0.4) is 0 Å². The van der Waals surface area contributed by atoms with Crippen molar-refractivity contribution in [1.82, 2.24) is 5.32 Å². The van der Waals surface area contributed by atoms with Gasteiger partial charge in [-0.2, -0.15) is 0 Å². The first-order chi connectivity index (χ1) is 10.2. The first kappa shape index (κ1) is 17.6. The van der Waals surface area contributed by atoms with Crippen LogP contribution in [0.2, 0.25) is 0 Å². The Morgan fingerprint density at radius 2 is 1.86 bits per heavy atom. The van der Waals surface area contributed by atoms with E-state index in [0.29, 0.717) is 0 Å². The number of esters is 1. The van der Waals surface area contributed by atoms with E-state index in [0.717, 1.165) is 5.56 Å². The number of hydrogen-bond donors (Lipinski definition) is 3. The third-order valence-corrected chi connectivity index (χ3v) is 2.89. The molecule has 1 aromatic rings. The Hall–Kier alpha value is -2.41. The van der Waals surface area contributed by atoms with Crippen molar-refractivity contribution in [3.05, 3.63) is 35.9 Å². The van der Waals surface area contributed by atoms with Crippen molar-refractivity contribution in [3.63, 3.8) is 0 Å². The lowest BCUT2D eigenvalue weighted by Crippen LogP contribution is -2.55. The standard InChI is InChI=1S/C15H20N2O5/c1-15(2,17-13(20)11(16)8-12(18)19)14(21)22-9-10-6-4-3-5-7-10/h3-7,11H,8-9,16H2,1-2H3,(H,17,20)(H,18,19)/t11-/m0/s1. The van der Waals surface area contributed by atoms with Crippen molar-refractivity contribution in [2.24, 2.45) is 5.73 Å². The molecule has 1 atom stereocenters. The van der Waals surface area contributed by atoms with E-state index in [-0.39, 0.29) is 6.61 Å². The van der Waals surface area contributed by atoms with Gasteiger partial charge in [-0.15, -0.1) is 0 Å². The first-order valence-electron chi connectivity index (χ1n) is 6.73. The Labute approximate surface area is 128 Å². The van der Waals surface area contributed by atoms with Crippen molar-refractivity contribution in [3.8, 4) is 0 Å². The number of rotatable bonds is 7. The summed E-state index contributed by atoms with van der Waals surface area (Å²) in [5.41, 5.74) is 4.96. The molecule has 7 nitrogen and oxygen atoms in total. The van der Waals surface area contributed by atoms with Crippen LogP contribution in [0, 0.1) is 0 Å². The van der Waals surface area contributed by atoms with E-state index < -0.39 is 35.8 Å². The van der Waals surface area contributed by atoms with Crippen molar-refractivity contribution in [1.29, 1.82) is 0 Å². The Kier molecular flexibility index (Phi) is 6.06. The molecule has 0 unspecified atom stereocenters. The molecule has 0 heterocycles. The van der Waals surface area contributed by atoms with Gasteiger partial charge >= 0.3 is 11.9 Å². The van der Waals surface area contributed by atoms with Gasteiger partial charge in [0.25, 0.3) is 0 Å². The fourth-order valence-corrected chi connectivity index (χ4v) is 1.64. The molecule has 0 aromatic heterocycles. The fourth-order valence-electron chi connectivity index (χ4n) is 1.64. The number of carboxylic acids is 1. The maximum atomic E-state index is 12.0. The van der Waals surface area contributed by atoms with Crippen LogP contribution in [0.5, 0.6) is 0 Å². The molecule has 0 radical (unpaired) electrons. The predicted octanol–water partition coefficient (Wildman–Crippen LogP) is 0.427. The Morgan fingerprint density at radius 3 is 2.41 bits per heavy atom. The van der Waals surface area contributed by atoms with Gasteiger partial charge in [0.2, 0.25) is 5.91 Å². The topological polar surface area (TPSA) is 119 Å². The third-order valence-electron chi connectivity index (χ3n) is 2.89. The summed E-state index contributed by atoms with van der Waals surface area (Å²) in [5, 5.41) is 11.0. The summed E-state index contributed by atoms with van der Waals surface area (Å²) >= 11 is 0. The zero-order valence-corrected chi connectivity index (χ0v) is 12.5. The largest absolute Gasteiger partial charge is 0.481 e. The van der Waals surface area contributed by atoms with Gasteiger partial charge in [0.15, 0.2) is 0 Å². The van der Waals surface area contributed by atoms with Crippen LogP contribution >= 0.6 is 0 Å². The number of amides is 1. The molecule has 0 bridgehead atoms. The molecule has 0 spiro atoms. The second-order valence-electron chi connectivity index (χ2n) is 5.38. The van der Waals surface area contributed by atoms with Gasteiger partial charge in [-0.3, -0.25) is 9.59 Å². The van der Waals surface area contributed by atoms with Gasteiger partial charge in [0.1, 0.15) is 12.1 Å². The van der Waals surface area contributed by atoms with E-state index in [1.165, 1.54) is 13.8 Å². The van der Waals surface area contributed by atoms with Crippen LogP contribution < -0.4 is 11.1 Å². The number of aliphatic carboxylic acids is 1. The molecule has 0 saturated heterocycles. The molecule has 0 aliphatic rings. The van der Waals surface area contributed by atoms with Crippen LogP contribution in [0.15, 0.2) is 30.3 Å². The molecule has 0 aliphatic heterocycles. The minimum absolute atomic E-state index is 0.0835. The van der Waals surface area contributed by atoms with Crippen molar-refractivity contribution in [2.45, 2.75) is 38.5 Å². The summed E-state index contributed by atoms with van der Waals surface area (Å²) in [7, 11) is 0. The molecule has 7 heteroatoms. The number of carbonyl (C=O) groups is 3. The average Bonchev–Trinajstić information content (AvgIpc) is 2.44. The van der Waals surface area contributed by atoms with E-state index in [4.69, 9.17) is 15.6 Å². The number of nitrogens with one attached hydrogen (secondary N) is 1. The lowest BCUT2D eigenvalue weighted by molar-refractivity contribution is -0.153. The van der Waals surface area contributed by atoms with Crippen LogP contribution in [0.25, 0.3) is 0 Å². The van der Waals surface area contributed by atoms with Gasteiger partial charge in [-0.05, 0) is 19.4 Å². The second kappa shape index (κ2) is 7.56. The highest BCUT2D eigenvalue weighted by Gasteiger charge is 2.33. The minimum atomic E-state index is -1.30. The normalized spacial score (nSPS) is 12.3. The smallest absolute Gasteiger partial charge is 0.331 e. The summed E-state index contributed by atoms with van der Waals surface area (Å²) < 4.78 is 5.14. The Bertz CT molecular complexity index is 542. The molecule has 0 fully saturated rings. The SMILES string of the molecule is CC(C)(NC(=O)[C@@H](N)CC(=O)O)C(=O)OCc1ccccc1. The molecular weight excluding hydrogens is 288 g/mol. The summed E-state index contributed by atoms with van der Waals surface area (Å²) in [5.74, 6) is -2.54. The number of ether oxygens (including phenoxy) is 1. The van der Waals surface area contributed by atoms with E-state index in [1.54, 1.807) is 0 Å². The molecule has 4 N–H and O–H groups in total. The van der Waals surface area contributed by atoms with E-state index in [9.17, 15) is 14.4 Å². The third kappa shape index (κ3) is 5.53. The maximum Gasteiger partial charge on any atom is 0.331 e. The summed E-state index contributed by atoms with van der Waals surface area (Å²) in [4.78, 5) is 34.3. The summed E-state index contributed by atoms with van der Waals surface area (Å²) in [6.45, 7) is 3.01. The monoisotopic (exact) mass is 308 g/mol. The fraction of sp³-hybridized carbons (Fsp3) is 0.400. The average molecular weight is 308 g/mol. The first-order valence-corrected chi connectivity index (χ1v) is 6.73. The molecular formula is C15H20N2O5. The van der Waals surface area contributed by atoms with Crippen LogP contribution in [-0.2, 0) is 25.7 Å². The maximum absolute atomic E-state index is 12.0. The molecule has 1 amide bonds. The van der Waals surface area contributed by atoms with Gasteiger partial charge in [-0.1, -0.05) is 30.3 Å². The number of carboxylic acid groups (broad SMARTS) is 1. The molecule has 120 valence electrons.